The van der Waals surface area contributed by atoms with Crippen molar-refractivity contribution in [3.8, 4) is 0 Å². The second-order valence-corrected chi connectivity index (χ2v) is 4.39. The van der Waals surface area contributed by atoms with Crippen LogP contribution in [0.1, 0.15) is 18.2 Å². The van der Waals surface area contributed by atoms with Crippen molar-refractivity contribution in [2.24, 2.45) is 0 Å². The molecule has 3 nitrogen and oxygen atoms in total. The van der Waals surface area contributed by atoms with E-state index >= 15 is 0 Å². The third-order valence-electron chi connectivity index (χ3n) is 3.39. The average Bonchev–Trinajstić information content (AvgIpc) is 2.69. The molecule has 1 amide bonds. The van der Waals surface area contributed by atoms with E-state index in [-0.39, 0.29) is 5.91 Å². The minimum Gasteiger partial charge on any atom is -0.353 e. The third kappa shape index (κ3) is 1.39. The Hall–Kier alpha value is -2.03. The minimum absolute atomic E-state index is 0.0549. The monoisotopic (exact) mass is 226 g/mol. The smallest absolute Gasteiger partial charge is 0.223 e. The molecular weight excluding hydrogens is 212 g/mol. The minimum atomic E-state index is 0.0549. The van der Waals surface area contributed by atoms with Crippen LogP contribution in [0.25, 0.3) is 16.6 Å². The fraction of sp³-hybridized carbons (Fsp3) is 0.214. The number of H-pyrrole nitrogens is 1. The molecule has 0 spiro atoms. The van der Waals surface area contributed by atoms with E-state index in [1.807, 2.05) is 12.1 Å². The quantitative estimate of drug-likeness (QED) is 0.736. The summed E-state index contributed by atoms with van der Waals surface area (Å²) in [6, 6.07) is 8.22. The summed E-state index contributed by atoms with van der Waals surface area (Å²) in [6.45, 7) is 6.33. The molecule has 86 valence electrons. The SMILES string of the molecule is C=C1c2[nH]c3ccccc3c2CCN1C(C)=O. The lowest BCUT2D eigenvalue weighted by molar-refractivity contribution is -0.125. The van der Waals surface area contributed by atoms with Gasteiger partial charge >= 0.3 is 0 Å². The van der Waals surface area contributed by atoms with Gasteiger partial charge in [-0.25, -0.2) is 0 Å². The van der Waals surface area contributed by atoms with Gasteiger partial charge in [-0.1, -0.05) is 24.8 Å². The number of carbonyl (C=O) groups excluding carboxylic acids is 1. The molecule has 0 bridgehead atoms. The zero-order valence-corrected chi connectivity index (χ0v) is 9.79. The van der Waals surface area contributed by atoms with Crippen molar-refractivity contribution < 1.29 is 4.79 Å². The first-order chi connectivity index (χ1) is 8.18. The molecule has 3 rings (SSSR count). The van der Waals surface area contributed by atoms with Crippen molar-refractivity contribution in [2.45, 2.75) is 13.3 Å². The van der Waals surface area contributed by atoms with E-state index in [4.69, 9.17) is 0 Å². The van der Waals surface area contributed by atoms with E-state index in [1.165, 1.54) is 10.9 Å². The van der Waals surface area contributed by atoms with Gasteiger partial charge in [0.15, 0.2) is 0 Å². The molecule has 0 radical (unpaired) electrons. The maximum Gasteiger partial charge on any atom is 0.223 e. The zero-order chi connectivity index (χ0) is 12.0. The van der Waals surface area contributed by atoms with Gasteiger partial charge in [0.1, 0.15) is 0 Å². The van der Waals surface area contributed by atoms with Gasteiger partial charge in [0.05, 0.1) is 11.4 Å². The maximum atomic E-state index is 11.5. The van der Waals surface area contributed by atoms with Gasteiger partial charge in [0.2, 0.25) is 5.91 Å². The Kier molecular flexibility index (Phi) is 2.08. The number of amides is 1. The summed E-state index contributed by atoms with van der Waals surface area (Å²) in [5.41, 5.74) is 4.19. The molecule has 2 heterocycles. The predicted molar refractivity (Wildman–Crippen MR) is 68.4 cm³/mol. The van der Waals surface area contributed by atoms with Crippen molar-refractivity contribution in [3.05, 3.63) is 42.1 Å². The number of aromatic amines is 1. The first kappa shape index (κ1) is 10.1. The number of aromatic nitrogens is 1. The molecule has 0 fully saturated rings. The Labute approximate surface area is 99.7 Å². The Morgan fingerprint density at radius 3 is 2.94 bits per heavy atom. The highest BCUT2D eigenvalue weighted by molar-refractivity contribution is 5.93. The van der Waals surface area contributed by atoms with Gasteiger partial charge in [0.25, 0.3) is 0 Å². The van der Waals surface area contributed by atoms with Crippen LogP contribution < -0.4 is 0 Å². The highest BCUT2D eigenvalue weighted by Gasteiger charge is 2.25. The first-order valence-corrected chi connectivity index (χ1v) is 5.75. The predicted octanol–water partition coefficient (Wildman–Crippen LogP) is 2.54. The van der Waals surface area contributed by atoms with Crippen molar-refractivity contribution in [3.63, 3.8) is 0 Å². The molecule has 1 aromatic carbocycles. The summed E-state index contributed by atoms with van der Waals surface area (Å²) in [7, 11) is 0. The van der Waals surface area contributed by atoms with E-state index in [2.05, 4.69) is 23.7 Å². The topological polar surface area (TPSA) is 36.1 Å². The van der Waals surface area contributed by atoms with Gasteiger partial charge in [-0.05, 0) is 18.1 Å². The second kappa shape index (κ2) is 3.48. The normalized spacial score (nSPS) is 15.1. The highest BCUT2D eigenvalue weighted by Crippen LogP contribution is 2.32. The average molecular weight is 226 g/mol. The second-order valence-electron chi connectivity index (χ2n) is 4.39. The molecule has 1 N–H and O–H groups in total. The first-order valence-electron chi connectivity index (χ1n) is 5.75. The molecule has 0 saturated heterocycles. The largest absolute Gasteiger partial charge is 0.353 e. The molecular formula is C14H14N2O. The van der Waals surface area contributed by atoms with Gasteiger partial charge in [-0.2, -0.15) is 0 Å². The van der Waals surface area contributed by atoms with Crippen molar-refractivity contribution in [1.29, 1.82) is 0 Å². The fourth-order valence-electron chi connectivity index (χ4n) is 2.55. The van der Waals surface area contributed by atoms with Gasteiger partial charge < -0.3 is 9.88 Å². The Balaban J connectivity index is 2.19. The summed E-state index contributed by atoms with van der Waals surface area (Å²) in [5.74, 6) is 0.0549. The maximum absolute atomic E-state index is 11.5. The number of hydrogen-bond donors (Lipinski definition) is 1. The summed E-state index contributed by atoms with van der Waals surface area (Å²) in [6.07, 6.45) is 0.887. The molecule has 1 aromatic heterocycles. The number of rotatable bonds is 0. The molecule has 0 atom stereocenters. The lowest BCUT2D eigenvalue weighted by atomic mass is 10.0. The fourth-order valence-corrected chi connectivity index (χ4v) is 2.55. The lowest BCUT2D eigenvalue weighted by Crippen LogP contribution is -2.32. The van der Waals surface area contributed by atoms with E-state index in [1.54, 1.807) is 11.8 Å². The van der Waals surface area contributed by atoms with Crippen LogP contribution >= 0.6 is 0 Å². The Bertz CT molecular complexity index is 624. The van der Waals surface area contributed by atoms with Gasteiger partial charge in [0, 0.05) is 24.4 Å². The summed E-state index contributed by atoms with van der Waals surface area (Å²) >= 11 is 0. The number of nitrogens with one attached hydrogen (secondary N) is 1. The number of fused-ring (bicyclic) bond motifs is 3. The van der Waals surface area contributed by atoms with E-state index < -0.39 is 0 Å². The summed E-state index contributed by atoms with van der Waals surface area (Å²) in [4.78, 5) is 16.6. The van der Waals surface area contributed by atoms with Crippen molar-refractivity contribution in [1.82, 2.24) is 9.88 Å². The Morgan fingerprint density at radius 1 is 1.41 bits per heavy atom. The molecule has 1 aliphatic rings. The van der Waals surface area contributed by atoms with Gasteiger partial charge in [-0.15, -0.1) is 0 Å². The molecule has 3 heteroatoms. The van der Waals surface area contributed by atoms with Crippen LogP contribution in [-0.2, 0) is 11.2 Å². The molecule has 0 aliphatic carbocycles. The van der Waals surface area contributed by atoms with Crippen LogP contribution in [0.15, 0.2) is 30.8 Å². The van der Waals surface area contributed by atoms with Gasteiger partial charge in [-0.3, -0.25) is 4.79 Å². The zero-order valence-electron chi connectivity index (χ0n) is 9.79. The highest BCUT2D eigenvalue weighted by atomic mass is 16.2. The van der Waals surface area contributed by atoms with Crippen molar-refractivity contribution >= 4 is 22.5 Å². The van der Waals surface area contributed by atoms with E-state index in [0.29, 0.717) is 0 Å². The molecule has 2 aromatic rings. The number of benzene rings is 1. The molecule has 0 saturated carbocycles. The number of hydrogen-bond acceptors (Lipinski definition) is 1. The third-order valence-corrected chi connectivity index (χ3v) is 3.39. The summed E-state index contributed by atoms with van der Waals surface area (Å²) in [5, 5.41) is 1.24. The summed E-state index contributed by atoms with van der Waals surface area (Å²) < 4.78 is 0. The molecule has 0 unspecified atom stereocenters. The number of nitrogens with zero attached hydrogens (tertiary/aromatic N) is 1. The van der Waals surface area contributed by atoms with Crippen LogP contribution in [0.5, 0.6) is 0 Å². The molecule has 1 aliphatic heterocycles. The molecule has 17 heavy (non-hydrogen) atoms. The van der Waals surface area contributed by atoms with E-state index in [9.17, 15) is 4.79 Å². The van der Waals surface area contributed by atoms with Crippen LogP contribution in [0, 0.1) is 0 Å². The van der Waals surface area contributed by atoms with Crippen LogP contribution in [-0.4, -0.2) is 22.3 Å². The van der Waals surface area contributed by atoms with Crippen LogP contribution in [0.4, 0.5) is 0 Å². The lowest BCUT2D eigenvalue weighted by Gasteiger charge is -2.28. The van der Waals surface area contributed by atoms with Crippen LogP contribution in [0.2, 0.25) is 0 Å². The van der Waals surface area contributed by atoms with Crippen molar-refractivity contribution in [2.75, 3.05) is 6.54 Å². The van der Waals surface area contributed by atoms with Crippen LogP contribution in [0.3, 0.4) is 0 Å². The standard InChI is InChI=1S/C14H14N2O/c1-9-14-12(7-8-16(9)10(2)17)11-5-3-4-6-13(11)15-14/h3-6,15H,1,7-8H2,2H3. The number of carbonyl (C=O) groups is 1. The van der Waals surface area contributed by atoms with E-state index in [0.717, 1.165) is 29.9 Å². The Morgan fingerprint density at radius 2 is 2.18 bits per heavy atom. The number of para-hydroxylation sites is 1.